The summed E-state index contributed by atoms with van der Waals surface area (Å²) in [5.41, 5.74) is -0.899. The third-order valence-electron chi connectivity index (χ3n) is 11.5. The zero-order valence-electron chi connectivity index (χ0n) is 31.7. The molecule has 5 aliphatic heterocycles. The summed E-state index contributed by atoms with van der Waals surface area (Å²) in [5.74, 6) is 0. The van der Waals surface area contributed by atoms with E-state index in [4.69, 9.17) is 37.4 Å². The maximum absolute atomic E-state index is 10.2. The zero-order chi connectivity index (χ0) is 37.2. The molecule has 7 rings (SSSR count). The van der Waals surface area contributed by atoms with Crippen LogP contribution in [0.1, 0.15) is 94.2 Å². The summed E-state index contributed by atoms with van der Waals surface area (Å²) in [7, 11) is -1.31. The van der Waals surface area contributed by atoms with E-state index in [-0.39, 0.29) is 40.7 Å². The Labute approximate surface area is 307 Å². The van der Waals surface area contributed by atoms with Gasteiger partial charge < -0.3 is 47.6 Å². The largest absolute Gasteiger partial charge is 0.494 e. The first-order chi connectivity index (χ1) is 22.8. The van der Waals surface area contributed by atoms with E-state index in [9.17, 15) is 10.2 Å². The van der Waals surface area contributed by atoms with Crippen molar-refractivity contribution in [2.75, 3.05) is 26.4 Å². The molecule has 10 nitrogen and oxygen atoms in total. The minimum Gasteiger partial charge on any atom is -0.405 e. The van der Waals surface area contributed by atoms with Gasteiger partial charge in [-0.15, -0.1) is 0 Å². The quantitative estimate of drug-likeness (QED) is 0.408. The number of benzene rings is 2. The summed E-state index contributed by atoms with van der Waals surface area (Å²) in [5, 5.41) is 20.0. The van der Waals surface area contributed by atoms with E-state index in [1.54, 1.807) is 0 Å². The van der Waals surface area contributed by atoms with Crippen LogP contribution in [0, 0.1) is 0 Å². The molecule has 2 aromatic rings. The molecule has 0 aliphatic carbocycles. The molecular formula is C36H54B3BrO10. The van der Waals surface area contributed by atoms with Crippen LogP contribution in [-0.4, -0.2) is 91.4 Å². The molecule has 2 aromatic carbocycles. The van der Waals surface area contributed by atoms with E-state index >= 15 is 0 Å². The lowest BCUT2D eigenvalue weighted by Gasteiger charge is -2.36. The van der Waals surface area contributed by atoms with Gasteiger partial charge in [0.1, 0.15) is 11.2 Å². The third kappa shape index (κ3) is 7.82. The highest BCUT2D eigenvalue weighted by Crippen LogP contribution is 2.43. The van der Waals surface area contributed by atoms with Crippen molar-refractivity contribution in [3.63, 3.8) is 0 Å². The first-order valence-electron chi connectivity index (χ1n) is 17.4. The maximum Gasteiger partial charge on any atom is 0.494 e. The Morgan fingerprint density at radius 3 is 1.02 bits per heavy atom. The van der Waals surface area contributed by atoms with Gasteiger partial charge in [-0.3, -0.25) is 0 Å². The van der Waals surface area contributed by atoms with Crippen molar-refractivity contribution in [2.45, 2.75) is 128 Å². The summed E-state index contributed by atoms with van der Waals surface area (Å²) in [6, 6.07) is 15.4. The Bertz CT molecular complexity index is 1410. The Morgan fingerprint density at radius 1 is 0.460 bits per heavy atom. The fourth-order valence-corrected chi connectivity index (χ4v) is 5.88. The van der Waals surface area contributed by atoms with E-state index in [1.807, 2.05) is 132 Å². The lowest BCUT2D eigenvalue weighted by molar-refractivity contribution is -0.184. The van der Waals surface area contributed by atoms with E-state index < -0.39 is 25.2 Å². The summed E-state index contributed by atoms with van der Waals surface area (Å²) in [6.07, 6.45) is 0. The number of aliphatic hydroxyl groups is 2. The second-order valence-corrected chi connectivity index (χ2v) is 17.9. The molecule has 0 aromatic heterocycles. The standard InChI is InChI=1S/C15H21BO4.C12H24B2O4.C9H9BrO2/c1-13(2)14(3,4)20-16(19-13)12-7-5-11(6-8-12)15(17)9-18-10-15;1-9(2)10(3,4)16-13(15-9)14-17-11(5,6)12(7,8)18-14;10-8-3-1-7(2-4-8)9(11)5-12-6-9/h5-8,17H,9-10H2,1-4H3;1-8H3;1-4,11H,5-6H2. The highest BCUT2D eigenvalue weighted by atomic mass is 79.9. The van der Waals surface area contributed by atoms with Gasteiger partial charge in [-0.25, -0.2) is 0 Å². The highest BCUT2D eigenvalue weighted by Gasteiger charge is 2.63. The van der Waals surface area contributed by atoms with Crippen molar-refractivity contribution >= 4 is 42.5 Å². The molecule has 2 N–H and O–H groups in total. The molecule has 0 saturated carbocycles. The molecule has 5 aliphatic rings. The molecule has 50 heavy (non-hydrogen) atoms. The monoisotopic (exact) mass is 758 g/mol. The summed E-state index contributed by atoms with van der Waals surface area (Å²) < 4.78 is 46.9. The summed E-state index contributed by atoms with van der Waals surface area (Å²) in [6.45, 7) is 25.9. The number of hydrogen-bond acceptors (Lipinski definition) is 10. The Balaban J connectivity index is 0.000000150. The molecule has 0 spiro atoms. The molecule has 0 bridgehead atoms. The van der Waals surface area contributed by atoms with Crippen LogP contribution in [0.4, 0.5) is 0 Å². The first kappa shape index (κ1) is 39.9. The minimum absolute atomic E-state index is 0.337. The molecule has 5 fully saturated rings. The van der Waals surface area contributed by atoms with E-state index in [2.05, 4.69) is 15.9 Å². The van der Waals surface area contributed by atoms with Crippen molar-refractivity contribution in [2.24, 2.45) is 0 Å². The zero-order valence-corrected chi connectivity index (χ0v) is 33.3. The van der Waals surface area contributed by atoms with Crippen molar-refractivity contribution < 1.29 is 47.6 Å². The average molecular weight is 759 g/mol. The van der Waals surface area contributed by atoms with Crippen LogP contribution in [-0.2, 0) is 48.6 Å². The molecule has 0 atom stereocenters. The van der Waals surface area contributed by atoms with E-state index in [0.717, 1.165) is 21.1 Å². The van der Waals surface area contributed by atoms with Gasteiger partial charge >= 0.3 is 21.1 Å². The normalized spacial score (nSPS) is 26.9. The Morgan fingerprint density at radius 2 is 0.740 bits per heavy atom. The van der Waals surface area contributed by atoms with Crippen LogP contribution in [0.15, 0.2) is 53.0 Å². The number of ether oxygens (including phenoxy) is 2. The van der Waals surface area contributed by atoms with Crippen molar-refractivity contribution in [1.29, 1.82) is 0 Å². The number of rotatable bonds is 4. The van der Waals surface area contributed by atoms with Gasteiger partial charge in [-0.1, -0.05) is 52.3 Å². The van der Waals surface area contributed by atoms with Gasteiger partial charge in [0, 0.05) is 4.47 Å². The minimum atomic E-state index is -0.825. The van der Waals surface area contributed by atoms with Crippen LogP contribution < -0.4 is 5.46 Å². The second-order valence-electron chi connectivity index (χ2n) is 17.0. The average Bonchev–Trinajstić information content (AvgIpc) is 3.45. The molecule has 274 valence electrons. The van der Waals surface area contributed by atoms with Crippen molar-refractivity contribution in [3.05, 3.63) is 64.1 Å². The van der Waals surface area contributed by atoms with Gasteiger partial charge in [-0.2, -0.15) is 0 Å². The van der Waals surface area contributed by atoms with Crippen molar-refractivity contribution in [3.8, 4) is 0 Å². The Kier molecular flexibility index (Phi) is 10.8. The van der Waals surface area contributed by atoms with Crippen LogP contribution in [0.2, 0.25) is 0 Å². The second kappa shape index (κ2) is 13.5. The molecule has 14 heteroatoms. The topological polar surface area (TPSA) is 114 Å². The van der Waals surface area contributed by atoms with E-state index in [0.29, 0.717) is 26.4 Å². The Hall–Kier alpha value is -1.29. The molecule has 0 amide bonds. The molecule has 5 saturated heterocycles. The lowest BCUT2D eigenvalue weighted by Crippen LogP contribution is -2.46. The molecule has 5 heterocycles. The van der Waals surface area contributed by atoms with Gasteiger partial charge in [-0.05, 0) is 112 Å². The summed E-state index contributed by atoms with van der Waals surface area (Å²) in [4.78, 5) is 0. The fourth-order valence-electron chi connectivity index (χ4n) is 5.61. The smallest absolute Gasteiger partial charge is 0.405 e. The number of halogens is 1. The molecular weight excluding hydrogens is 705 g/mol. The fraction of sp³-hybridized carbons (Fsp3) is 0.667. The van der Waals surface area contributed by atoms with Gasteiger partial charge in [0.15, 0.2) is 0 Å². The van der Waals surface area contributed by atoms with Crippen molar-refractivity contribution in [1.82, 2.24) is 0 Å². The van der Waals surface area contributed by atoms with Crippen LogP contribution in [0.5, 0.6) is 0 Å². The van der Waals surface area contributed by atoms with Crippen LogP contribution >= 0.6 is 15.9 Å². The molecule has 0 radical (unpaired) electrons. The van der Waals surface area contributed by atoms with Gasteiger partial charge in [0.05, 0.1) is 60.0 Å². The van der Waals surface area contributed by atoms with Crippen LogP contribution in [0.25, 0.3) is 0 Å². The number of hydrogen-bond donors (Lipinski definition) is 2. The highest BCUT2D eigenvalue weighted by molar-refractivity contribution is 9.10. The third-order valence-corrected chi connectivity index (χ3v) is 12.0. The van der Waals surface area contributed by atoms with Gasteiger partial charge in [0.25, 0.3) is 0 Å². The van der Waals surface area contributed by atoms with Crippen LogP contribution in [0.3, 0.4) is 0 Å². The predicted molar refractivity (Wildman–Crippen MR) is 198 cm³/mol. The maximum atomic E-state index is 10.2. The van der Waals surface area contributed by atoms with E-state index in [1.165, 1.54) is 0 Å². The predicted octanol–water partition coefficient (Wildman–Crippen LogP) is 5.12. The lowest BCUT2D eigenvalue weighted by atomic mass is 9.49. The SMILES string of the molecule is CC1(C)OB(B2OC(C)(C)C(C)(C)O2)OC1(C)C.CC1(C)OB(c2ccc(C3(O)COC3)cc2)OC1(C)C.OC1(c2ccc(Br)cc2)COC1. The first-order valence-corrected chi connectivity index (χ1v) is 18.2. The summed E-state index contributed by atoms with van der Waals surface area (Å²) >= 11 is 3.34. The molecule has 0 unspecified atom stereocenters. The van der Waals surface area contributed by atoms with Gasteiger partial charge in [0.2, 0.25) is 0 Å².